The Hall–Kier alpha value is -2.28. The molecular formula is C18H14Cl2N2O3S. The normalized spacial score (nSPS) is 12.7. The summed E-state index contributed by atoms with van der Waals surface area (Å²) in [5.74, 6) is 0.929. The molecule has 134 valence electrons. The molecule has 8 heteroatoms. The van der Waals surface area contributed by atoms with Gasteiger partial charge in [-0.1, -0.05) is 29.3 Å². The van der Waals surface area contributed by atoms with E-state index in [0.29, 0.717) is 46.0 Å². The third kappa shape index (κ3) is 4.88. The van der Waals surface area contributed by atoms with E-state index in [9.17, 15) is 4.79 Å². The molecule has 1 aliphatic rings. The van der Waals surface area contributed by atoms with Gasteiger partial charge in [-0.15, -0.1) is 0 Å². The molecule has 0 saturated carbocycles. The van der Waals surface area contributed by atoms with Crippen molar-refractivity contribution in [2.75, 3.05) is 18.5 Å². The molecule has 0 unspecified atom stereocenters. The number of benzene rings is 2. The number of anilines is 1. The van der Waals surface area contributed by atoms with Crippen LogP contribution in [-0.4, -0.2) is 24.2 Å². The van der Waals surface area contributed by atoms with E-state index >= 15 is 0 Å². The first-order valence-corrected chi connectivity index (χ1v) is 8.82. The maximum Gasteiger partial charge on any atom is 0.250 e. The summed E-state index contributed by atoms with van der Waals surface area (Å²) in [6.45, 7) is 1.02. The highest BCUT2D eigenvalue weighted by molar-refractivity contribution is 7.80. The van der Waals surface area contributed by atoms with Gasteiger partial charge in [0.15, 0.2) is 16.6 Å². The van der Waals surface area contributed by atoms with Crippen LogP contribution in [-0.2, 0) is 4.79 Å². The second-order valence-electron chi connectivity index (χ2n) is 5.30. The van der Waals surface area contributed by atoms with E-state index in [0.717, 1.165) is 0 Å². The van der Waals surface area contributed by atoms with Crippen LogP contribution >= 0.6 is 35.4 Å². The number of halogens is 2. The van der Waals surface area contributed by atoms with E-state index in [2.05, 4.69) is 10.6 Å². The second-order valence-corrected chi connectivity index (χ2v) is 6.55. The molecule has 0 atom stereocenters. The molecule has 2 N–H and O–H groups in total. The van der Waals surface area contributed by atoms with Crippen LogP contribution in [0.25, 0.3) is 6.08 Å². The summed E-state index contributed by atoms with van der Waals surface area (Å²) in [5.41, 5.74) is 1.36. The number of nitrogens with one attached hydrogen (secondary N) is 2. The molecule has 0 aromatic heterocycles. The minimum atomic E-state index is -0.383. The van der Waals surface area contributed by atoms with E-state index in [1.54, 1.807) is 42.5 Å². The highest BCUT2D eigenvalue weighted by Gasteiger charge is 2.12. The van der Waals surface area contributed by atoms with Crippen LogP contribution in [0.4, 0.5) is 5.69 Å². The second kappa shape index (κ2) is 8.40. The lowest BCUT2D eigenvalue weighted by Gasteiger charge is -2.19. The first kappa shape index (κ1) is 18.5. The topological polar surface area (TPSA) is 59.6 Å². The minimum absolute atomic E-state index is 0.165. The summed E-state index contributed by atoms with van der Waals surface area (Å²) in [5, 5.41) is 6.64. The molecule has 1 heterocycles. The lowest BCUT2D eigenvalue weighted by molar-refractivity contribution is -0.115. The van der Waals surface area contributed by atoms with E-state index in [1.807, 2.05) is 0 Å². The molecule has 3 rings (SSSR count). The zero-order valence-corrected chi connectivity index (χ0v) is 15.8. The Morgan fingerprint density at radius 2 is 1.85 bits per heavy atom. The van der Waals surface area contributed by atoms with Crippen molar-refractivity contribution in [3.8, 4) is 11.5 Å². The van der Waals surface area contributed by atoms with Gasteiger partial charge in [0.2, 0.25) is 5.91 Å². The molecule has 5 nitrogen and oxygen atoms in total. The van der Waals surface area contributed by atoms with Crippen molar-refractivity contribution in [3.63, 3.8) is 0 Å². The van der Waals surface area contributed by atoms with Gasteiger partial charge >= 0.3 is 0 Å². The maximum atomic E-state index is 12.0. The Morgan fingerprint density at radius 3 is 2.62 bits per heavy atom. The average molecular weight is 409 g/mol. The summed E-state index contributed by atoms with van der Waals surface area (Å²) in [4.78, 5) is 12.0. The smallest absolute Gasteiger partial charge is 0.250 e. The molecule has 0 radical (unpaired) electrons. The van der Waals surface area contributed by atoms with Crippen molar-refractivity contribution < 1.29 is 14.3 Å². The first-order chi connectivity index (χ1) is 12.5. The molecule has 2 aromatic carbocycles. The Labute approximate surface area is 165 Å². The van der Waals surface area contributed by atoms with Crippen molar-refractivity contribution in [2.24, 2.45) is 0 Å². The molecule has 26 heavy (non-hydrogen) atoms. The number of carbonyl (C=O) groups is 1. The van der Waals surface area contributed by atoms with Crippen molar-refractivity contribution >= 4 is 58.2 Å². The van der Waals surface area contributed by atoms with Gasteiger partial charge in [0, 0.05) is 27.9 Å². The van der Waals surface area contributed by atoms with Gasteiger partial charge in [0.1, 0.15) is 13.2 Å². The maximum absolute atomic E-state index is 12.0. The van der Waals surface area contributed by atoms with Gasteiger partial charge in [-0.25, -0.2) is 0 Å². The number of amides is 1. The average Bonchev–Trinajstić information content (AvgIpc) is 2.60. The van der Waals surface area contributed by atoms with Gasteiger partial charge in [0.05, 0.1) is 0 Å². The van der Waals surface area contributed by atoms with Crippen LogP contribution in [0.1, 0.15) is 5.56 Å². The van der Waals surface area contributed by atoms with Crippen LogP contribution < -0.4 is 20.1 Å². The Kier molecular flexibility index (Phi) is 5.98. The third-order valence-electron chi connectivity index (χ3n) is 3.41. The molecule has 1 aliphatic heterocycles. The summed E-state index contributed by atoms with van der Waals surface area (Å²) in [6, 6.07) is 10.4. The lowest BCUT2D eigenvalue weighted by Crippen LogP contribution is -2.32. The highest BCUT2D eigenvalue weighted by atomic mass is 35.5. The van der Waals surface area contributed by atoms with E-state index in [-0.39, 0.29) is 11.0 Å². The van der Waals surface area contributed by atoms with Crippen LogP contribution in [0.2, 0.25) is 10.0 Å². The summed E-state index contributed by atoms with van der Waals surface area (Å²) < 4.78 is 11.0. The summed E-state index contributed by atoms with van der Waals surface area (Å²) >= 11 is 17.0. The fourth-order valence-corrected chi connectivity index (χ4v) is 2.93. The minimum Gasteiger partial charge on any atom is -0.486 e. The lowest BCUT2D eigenvalue weighted by atomic mass is 10.2. The van der Waals surface area contributed by atoms with Crippen LogP contribution in [0.3, 0.4) is 0 Å². The SMILES string of the molecule is O=C(/C=C/c1ccc(Cl)cc1Cl)NC(=S)Nc1ccc2c(c1)OCCO2. The van der Waals surface area contributed by atoms with E-state index < -0.39 is 0 Å². The molecule has 0 aliphatic carbocycles. The van der Waals surface area contributed by atoms with Gasteiger partial charge < -0.3 is 14.8 Å². The molecule has 0 saturated heterocycles. The largest absolute Gasteiger partial charge is 0.486 e. The fraction of sp³-hybridized carbons (Fsp3) is 0.111. The molecule has 1 amide bonds. The standard InChI is InChI=1S/C18H14Cl2N2O3S/c19-12-3-1-11(14(20)9-12)2-6-17(23)22-18(26)21-13-4-5-15-16(10-13)25-8-7-24-15/h1-6,9-10H,7-8H2,(H2,21,22,23,26)/b6-2+. The molecule has 0 fully saturated rings. The Balaban J connectivity index is 1.57. The van der Waals surface area contributed by atoms with Gasteiger partial charge in [0.25, 0.3) is 0 Å². The zero-order valence-electron chi connectivity index (χ0n) is 13.4. The summed E-state index contributed by atoms with van der Waals surface area (Å²) in [7, 11) is 0. The van der Waals surface area contributed by atoms with Gasteiger partial charge in [-0.05, 0) is 48.1 Å². The first-order valence-electron chi connectivity index (χ1n) is 7.66. The summed E-state index contributed by atoms with van der Waals surface area (Å²) in [6.07, 6.45) is 2.92. The molecular weight excluding hydrogens is 395 g/mol. The fourth-order valence-electron chi connectivity index (χ4n) is 2.24. The molecule has 0 bridgehead atoms. The Morgan fingerprint density at radius 1 is 1.08 bits per heavy atom. The molecule has 2 aromatic rings. The van der Waals surface area contributed by atoms with Crippen LogP contribution in [0, 0.1) is 0 Å². The number of hydrogen-bond acceptors (Lipinski definition) is 4. The number of fused-ring (bicyclic) bond motifs is 1. The highest BCUT2D eigenvalue weighted by Crippen LogP contribution is 2.32. The predicted octanol–water partition coefficient (Wildman–Crippen LogP) is 4.29. The number of rotatable bonds is 3. The zero-order chi connectivity index (χ0) is 18.5. The van der Waals surface area contributed by atoms with Gasteiger partial charge in [-0.2, -0.15) is 0 Å². The van der Waals surface area contributed by atoms with E-state index in [4.69, 9.17) is 44.9 Å². The van der Waals surface area contributed by atoms with Crippen molar-refractivity contribution in [2.45, 2.75) is 0 Å². The van der Waals surface area contributed by atoms with Crippen molar-refractivity contribution in [1.82, 2.24) is 5.32 Å². The number of ether oxygens (including phenoxy) is 2. The monoisotopic (exact) mass is 408 g/mol. The van der Waals surface area contributed by atoms with Gasteiger partial charge in [-0.3, -0.25) is 10.1 Å². The van der Waals surface area contributed by atoms with E-state index in [1.165, 1.54) is 6.08 Å². The Bertz CT molecular complexity index is 887. The van der Waals surface area contributed by atoms with Crippen molar-refractivity contribution in [1.29, 1.82) is 0 Å². The third-order valence-corrected chi connectivity index (χ3v) is 4.18. The van der Waals surface area contributed by atoms with Crippen molar-refractivity contribution in [3.05, 3.63) is 58.1 Å². The predicted molar refractivity (Wildman–Crippen MR) is 107 cm³/mol. The van der Waals surface area contributed by atoms with Crippen LogP contribution in [0.5, 0.6) is 11.5 Å². The number of hydrogen-bond donors (Lipinski definition) is 2. The van der Waals surface area contributed by atoms with Crippen LogP contribution in [0.15, 0.2) is 42.5 Å². The quantitative estimate of drug-likeness (QED) is 0.585. The molecule has 0 spiro atoms. The number of carbonyl (C=O) groups excluding carboxylic acids is 1. The number of thiocarbonyl (C=S) groups is 1.